The topological polar surface area (TPSA) is 48.0 Å². The van der Waals surface area contributed by atoms with E-state index < -0.39 is 0 Å². The fourth-order valence-electron chi connectivity index (χ4n) is 4.70. The lowest BCUT2D eigenvalue weighted by Crippen LogP contribution is -2.33. The van der Waals surface area contributed by atoms with Gasteiger partial charge < -0.3 is 14.2 Å². The van der Waals surface area contributed by atoms with Gasteiger partial charge in [0.1, 0.15) is 23.9 Å². The highest BCUT2D eigenvalue weighted by atomic mass is 79.9. The number of halogens is 1. The summed E-state index contributed by atoms with van der Waals surface area (Å²) >= 11 is 1.60. The number of carbonyl (C=O) groups is 1. The maximum absolute atomic E-state index is 13.8. The zero-order valence-corrected chi connectivity index (χ0v) is 23.7. The third kappa shape index (κ3) is 6.17. The van der Waals surface area contributed by atoms with Crippen LogP contribution in [-0.2, 0) is 0 Å². The lowest BCUT2D eigenvalue weighted by atomic mass is 9.97. The third-order valence-electron chi connectivity index (χ3n) is 6.72. The highest BCUT2D eigenvalue weighted by molar-refractivity contribution is 8.93. The van der Waals surface area contributed by atoms with E-state index in [1.807, 2.05) is 66.7 Å². The Bertz CT molecular complexity index is 1330. The minimum atomic E-state index is -0.00268. The molecule has 0 saturated carbocycles. The Morgan fingerprint density at radius 1 is 0.838 bits per heavy atom. The summed E-state index contributed by atoms with van der Waals surface area (Å²) in [6, 6.07) is 21.2. The average molecular weight is 583 g/mol. The maximum atomic E-state index is 13.8. The van der Waals surface area contributed by atoms with Gasteiger partial charge in [-0.05, 0) is 98.2 Å². The summed E-state index contributed by atoms with van der Waals surface area (Å²) in [7, 11) is 3.30. The Kier molecular flexibility index (Phi) is 9.24. The van der Waals surface area contributed by atoms with Crippen molar-refractivity contribution in [1.82, 2.24) is 4.90 Å². The number of likely N-dealkylation sites (tertiary alicyclic amines) is 1. The van der Waals surface area contributed by atoms with Gasteiger partial charge in [-0.2, -0.15) is 0 Å². The largest absolute Gasteiger partial charge is 0.497 e. The van der Waals surface area contributed by atoms with Crippen LogP contribution in [0.1, 0.15) is 35.2 Å². The fourth-order valence-corrected chi connectivity index (χ4v) is 5.93. The molecule has 0 N–H and O–H groups in total. The van der Waals surface area contributed by atoms with E-state index >= 15 is 0 Å². The predicted molar refractivity (Wildman–Crippen MR) is 156 cm³/mol. The molecule has 3 aromatic carbocycles. The van der Waals surface area contributed by atoms with E-state index in [2.05, 4.69) is 4.90 Å². The van der Waals surface area contributed by atoms with Crippen molar-refractivity contribution in [3.63, 3.8) is 0 Å². The Hall–Kier alpha value is -2.87. The molecule has 0 aliphatic carbocycles. The molecule has 1 aliphatic rings. The van der Waals surface area contributed by atoms with Gasteiger partial charge in [-0.3, -0.25) is 9.69 Å². The minimum absolute atomic E-state index is 0. The van der Waals surface area contributed by atoms with Crippen LogP contribution < -0.4 is 14.2 Å². The van der Waals surface area contributed by atoms with Crippen LogP contribution in [-0.4, -0.2) is 51.1 Å². The molecule has 4 aromatic rings. The zero-order chi connectivity index (χ0) is 24.9. The molecule has 0 atom stereocenters. The van der Waals surface area contributed by atoms with E-state index in [0.717, 1.165) is 57.4 Å². The van der Waals surface area contributed by atoms with Crippen molar-refractivity contribution in [2.75, 3.05) is 40.5 Å². The number of fused-ring (bicyclic) bond motifs is 1. The van der Waals surface area contributed by atoms with Crippen LogP contribution in [0.3, 0.4) is 0 Å². The molecular weight excluding hydrogens is 550 g/mol. The molecule has 5 rings (SSSR count). The summed E-state index contributed by atoms with van der Waals surface area (Å²) in [5.41, 5.74) is 2.34. The summed E-state index contributed by atoms with van der Waals surface area (Å²) in [6.45, 7) is 3.92. The minimum Gasteiger partial charge on any atom is -0.497 e. The van der Waals surface area contributed by atoms with Crippen LogP contribution in [0, 0.1) is 0 Å². The number of rotatable bonds is 9. The number of benzene rings is 3. The highest BCUT2D eigenvalue weighted by Gasteiger charge is 2.22. The van der Waals surface area contributed by atoms with Crippen molar-refractivity contribution >= 4 is 44.2 Å². The first-order valence-electron chi connectivity index (χ1n) is 12.4. The molecular formula is C30H32BrNO4S. The summed E-state index contributed by atoms with van der Waals surface area (Å²) < 4.78 is 17.7. The standard InChI is InChI=1S/C30H31NO4S.BrH/c1-33-23-10-8-22(9-11-23)30-28(26-15-14-25(34-2)20-27(26)36-30)29(32)21-6-12-24(13-7-21)35-19-18-31-16-4-3-5-17-31;/h6-15,20H,3-5,16-19H2,1-2H3;1H. The van der Waals surface area contributed by atoms with Crippen LogP contribution in [0.4, 0.5) is 0 Å². The van der Waals surface area contributed by atoms with Crippen LogP contribution in [0.15, 0.2) is 66.7 Å². The van der Waals surface area contributed by atoms with Crippen LogP contribution in [0.2, 0.25) is 0 Å². The van der Waals surface area contributed by atoms with E-state index in [1.54, 1.807) is 25.6 Å². The van der Waals surface area contributed by atoms with Gasteiger partial charge in [0.25, 0.3) is 0 Å². The SMILES string of the molecule is Br.COc1ccc(-c2sc3cc(OC)ccc3c2C(=O)c2ccc(OCCN3CCCCC3)cc2)cc1. The van der Waals surface area contributed by atoms with Crippen molar-refractivity contribution in [3.8, 4) is 27.7 Å². The lowest BCUT2D eigenvalue weighted by molar-refractivity contribution is 0.104. The molecule has 1 aliphatic heterocycles. The number of piperidine rings is 1. The average Bonchev–Trinajstić information content (AvgIpc) is 3.32. The van der Waals surface area contributed by atoms with Gasteiger partial charge in [-0.15, -0.1) is 28.3 Å². The van der Waals surface area contributed by atoms with E-state index in [0.29, 0.717) is 17.7 Å². The summed E-state index contributed by atoms with van der Waals surface area (Å²) in [5.74, 6) is 2.34. The van der Waals surface area contributed by atoms with Crippen molar-refractivity contribution in [2.45, 2.75) is 19.3 Å². The normalized spacial score (nSPS) is 13.7. The van der Waals surface area contributed by atoms with Crippen molar-refractivity contribution in [2.24, 2.45) is 0 Å². The summed E-state index contributed by atoms with van der Waals surface area (Å²) in [5, 5.41) is 0.929. The molecule has 0 spiro atoms. The number of hydrogen-bond donors (Lipinski definition) is 0. The molecule has 0 bridgehead atoms. The molecule has 37 heavy (non-hydrogen) atoms. The molecule has 0 unspecified atom stereocenters. The van der Waals surface area contributed by atoms with Crippen LogP contribution in [0.5, 0.6) is 17.2 Å². The number of nitrogens with zero attached hydrogens (tertiary/aromatic N) is 1. The molecule has 1 saturated heterocycles. The highest BCUT2D eigenvalue weighted by Crippen LogP contribution is 2.41. The van der Waals surface area contributed by atoms with Crippen molar-refractivity contribution in [1.29, 1.82) is 0 Å². The first kappa shape index (κ1) is 27.2. The Labute approximate surface area is 232 Å². The molecule has 1 fully saturated rings. The number of ether oxygens (including phenoxy) is 3. The maximum Gasteiger partial charge on any atom is 0.195 e. The van der Waals surface area contributed by atoms with Gasteiger partial charge in [-0.25, -0.2) is 0 Å². The number of thiophene rings is 1. The van der Waals surface area contributed by atoms with Crippen LogP contribution >= 0.6 is 28.3 Å². The first-order chi connectivity index (χ1) is 17.7. The van der Waals surface area contributed by atoms with Gasteiger partial charge in [0.05, 0.1) is 14.2 Å². The second-order valence-corrected chi connectivity index (χ2v) is 10.1. The number of ketones is 1. The quantitative estimate of drug-likeness (QED) is 0.195. The van der Waals surface area contributed by atoms with Gasteiger partial charge in [0.15, 0.2) is 5.78 Å². The molecule has 2 heterocycles. The van der Waals surface area contributed by atoms with Crippen molar-refractivity contribution < 1.29 is 19.0 Å². The fraction of sp³-hybridized carbons (Fsp3) is 0.300. The smallest absolute Gasteiger partial charge is 0.195 e. The second kappa shape index (κ2) is 12.6. The monoisotopic (exact) mass is 581 g/mol. The third-order valence-corrected chi connectivity index (χ3v) is 7.92. The van der Waals surface area contributed by atoms with E-state index in [4.69, 9.17) is 14.2 Å². The van der Waals surface area contributed by atoms with Crippen LogP contribution in [0.25, 0.3) is 20.5 Å². The lowest BCUT2D eigenvalue weighted by Gasteiger charge is -2.26. The molecule has 0 radical (unpaired) electrons. The molecule has 0 amide bonds. The van der Waals surface area contributed by atoms with E-state index in [1.165, 1.54) is 19.3 Å². The van der Waals surface area contributed by atoms with Gasteiger partial charge in [0, 0.05) is 32.6 Å². The molecule has 7 heteroatoms. The van der Waals surface area contributed by atoms with Gasteiger partial charge in [0.2, 0.25) is 0 Å². The van der Waals surface area contributed by atoms with Gasteiger partial charge in [-0.1, -0.05) is 6.42 Å². The summed E-state index contributed by atoms with van der Waals surface area (Å²) in [6.07, 6.45) is 3.89. The molecule has 194 valence electrons. The van der Waals surface area contributed by atoms with E-state index in [-0.39, 0.29) is 22.8 Å². The Balaban J connectivity index is 0.00000320. The first-order valence-corrected chi connectivity index (χ1v) is 13.2. The van der Waals surface area contributed by atoms with E-state index in [9.17, 15) is 4.79 Å². The number of hydrogen-bond acceptors (Lipinski definition) is 6. The Morgan fingerprint density at radius 2 is 1.49 bits per heavy atom. The predicted octanol–water partition coefficient (Wildman–Crippen LogP) is 7.26. The Morgan fingerprint density at radius 3 is 2.16 bits per heavy atom. The molecule has 5 nitrogen and oxygen atoms in total. The van der Waals surface area contributed by atoms with Crippen molar-refractivity contribution in [3.05, 3.63) is 77.9 Å². The second-order valence-electron chi connectivity index (χ2n) is 9.00. The van der Waals surface area contributed by atoms with Gasteiger partial charge >= 0.3 is 0 Å². The summed E-state index contributed by atoms with van der Waals surface area (Å²) in [4.78, 5) is 17.2. The number of methoxy groups -OCH3 is 2. The number of carbonyl (C=O) groups excluding carboxylic acids is 1. The zero-order valence-electron chi connectivity index (χ0n) is 21.2. The molecule has 1 aromatic heterocycles.